The summed E-state index contributed by atoms with van der Waals surface area (Å²) in [6.45, 7) is 0. The number of halogens is 1. The van der Waals surface area contributed by atoms with Crippen LogP contribution in [-0.4, -0.2) is 20.6 Å². The smallest absolute Gasteiger partial charge is 0.354 e. The highest BCUT2D eigenvalue weighted by molar-refractivity contribution is 6.30. The van der Waals surface area contributed by atoms with Crippen LogP contribution in [0.4, 0.5) is 0 Å². The maximum Gasteiger partial charge on any atom is 0.354 e. The second-order valence-electron chi connectivity index (χ2n) is 4.33. The van der Waals surface area contributed by atoms with E-state index >= 15 is 0 Å². The van der Waals surface area contributed by atoms with E-state index in [2.05, 4.69) is 4.98 Å². The van der Waals surface area contributed by atoms with Crippen molar-refractivity contribution in [3.8, 4) is 16.8 Å². The molecule has 0 aliphatic carbocycles. The van der Waals surface area contributed by atoms with Gasteiger partial charge in [-0.25, -0.2) is 4.79 Å². The molecule has 2 heterocycles. The minimum absolute atomic E-state index is 0.158. The molecule has 0 unspecified atom stereocenters. The molecule has 0 aliphatic rings. The maximum atomic E-state index is 11.4. The van der Waals surface area contributed by atoms with Gasteiger partial charge < -0.3 is 14.7 Å². The zero-order valence-corrected chi connectivity index (χ0v) is 11.1. The second kappa shape index (κ2) is 4.90. The number of benzene rings is 1. The van der Waals surface area contributed by atoms with Crippen LogP contribution in [0, 0.1) is 0 Å². The summed E-state index contributed by atoms with van der Waals surface area (Å²) in [5.74, 6) is -0.992. The molecular formula is C15H11ClN2O2. The van der Waals surface area contributed by atoms with E-state index in [4.69, 9.17) is 11.6 Å². The fraction of sp³-hybridized carbons (Fsp3) is 0. The number of rotatable bonds is 3. The minimum Gasteiger partial charge on any atom is -0.477 e. The van der Waals surface area contributed by atoms with Crippen LogP contribution < -0.4 is 0 Å². The van der Waals surface area contributed by atoms with Crippen molar-refractivity contribution in [1.82, 2.24) is 9.55 Å². The van der Waals surface area contributed by atoms with Gasteiger partial charge in [0.2, 0.25) is 0 Å². The van der Waals surface area contributed by atoms with Crippen molar-refractivity contribution < 1.29 is 9.90 Å². The molecule has 0 saturated heterocycles. The predicted molar refractivity (Wildman–Crippen MR) is 77.5 cm³/mol. The molecule has 0 saturated carbocycles. The number of H-pyrrole nitrogens is 1. The third-order valence-electron chi connectivity index (χ3n) is 3.08. The SMILES string of the molecule is O=C(O)c1[nH]cc(-c2ccc(Cl)cc2)c1-n1cccc1. The molecule has 0 bridgehead atoms. The molecule has 0 radical (unpaired) electrons. The van der Waals surface area contributed by atoms with Crippen LogP contribution in [0.5, 0.6) is 0 Å². The summed E-state index contributed by atoms with van der Waals surface area (Å²) >= 11 is 5.89. The topological polar surface area (TPSA) is 58.0 Å². The molecule has 5 heteroatoms. The largest absolute Gasteiger partial charge is 0.477 e. The lowest BCUT2D eigenvalue weighted by molar-refractivity contribution is 0.0691. The lowest BCUT2D eigenvalue weighted by Gasteiger charge is -2.07. The summed E-state index contributed by atoms with van der Waals surface area (Å²) in [7, 11) is 0. The van der Waals surface area contributed by atoms with E-state index in [0.717, 1.165) is 11.1 Å². The normalized spacial score (nSPS) is 10.7. The van der Waals surface area contributed by atoms with Gasteiger partial charge in [-0.1, -0.05) is 23.7 Å². The molecule has 0 amide bonds. The van der Waals surface area contributed by atoms with Gasteiger partial charge in [-0.3, -0.25) is 0 Å². The van der Waals surface area contributed by atoms with Crippen molar-refractivity contribution in [2.75, 3.05) is 0 Å². The van der Waals surface area contributed by atoms with Crippen LogP contribution in [0.25, 0.3) is 16.8 Å². The van der Waals surface area contributed by atoms with Crippen molar-refractivity contribution in [2.24, 2.45) is 0 Å². The van der Waals surface area contributed by atoms with Gasteiger partial charge in [0.1, 0.15) is 5.69 Å². The molecule has 1 aromatic carbocycles. The molecule has 2 N–H and O–H groups in total. The number of aromatic amines is 1. The number of hydrogen-bond acceptors (Lipinski definition) is 1. The van der Waals surface area contributed by atoms with Crippen LogP contribution in [-0.2, 0) is 0 Å². The number of nitrogens with one attached hydrogen (secondary N) is 1. The second-order valence-corrected chi connectivity index (χ2v) is 4.76. The van der Waals surface area contributed by atoms with Crippen molar-refractivity contribution in [2.45, 2.75) is 0 Å². The van der Waals surface area contributed by atoms with Crippen LogP contribution in [0.1, 0.15) is 10.5 Å². The molecule has 0 fully saturated rings. The van der Waals surface area contributed by atoms with E-state index in [0.29, 0.717) is 10.7 Å². The zero-order valence-electron chi connectivity index (χ0n) is 10.4. The Morgan fingerprint density at radius 1 is 1.15 bits per heavy atom. The molecule has 2 aromatic heterocycles. The average Bonchev–Trinajstić information content (AvgIpc) is 3.08. The van der Waals surface area contributed by atoms with Crippen LogP contribution in [0.15, 0.2) is 55.0 Å². The first-order chi connectivity index (χ1) is 9.66. The van der Waals surface area contributed by atoms with Crippen molar-refractivity contribution in [1.29, 1.82) is 0 Å². The highest BCUT2D eigenvalue weighted by Crippen LogP contribution is 2.30. The first kappa shape index (κ1) is 12.6. The lowest BCUT2D eigenvalue weighted by Crippen LogP contribution is -2.03. The minimum atomic E-state index is -0.992. The summed E-state index contributed by atoms with van der Waals surface area (Å²) < 4.78 is 1.78. The van der Waals surface area contributed by atoms with E-state index < -0.39 is 5.97 Å². The Kier molecular flexibility index (Phi) is 3.08. The van der Waals surface area contributed by atoms with Gasteiger partial charge in [-0.2, -0.15) is 0 Å². The number of aromatic nitrogens is 2. The van der Waals surface area contributed by atoms with E-state index in [1.165, 1.54) is 0 Å². The Bertz CT molecular complexity index is 743. The van der Waals surface area contributed by atoms with Gasteiger partial charge in [0.25, 0.3) is 0 Å². The van der Waals surface area contributed by atoms with E-state index in [9.17, 15) is 9.90 Å². The van der Waals surface area contributed by atoms with E-state index in [-0.39, 0.29) is 5.69 Å². The maximum absolute atomic E-state index is 11.4. The summed E-state index contributed by atoms with van der Waals surface area (Å²) in [6, 6.07) is 11.0. The van der Waals surface area contributed by atoms with Gasteiger partial charge in [0.05, 0.1) is 5.69 Å². The highest BCUT2D eigenvalue weighted by atomic mass is 35.5. The molecule has 100 valence electrons. The molecule has 4 nitrogen and oxygen atoms in total. The number of aromatic carboxylic acids is 1. The zero-order chi connectivity index (χ0) is 14.1. The van der Waals surface area contributed by atoms with E-state index in [1.54, 1.807) is 22.9 Å². The number of carbonyl (C=O) groups is 1. The predicted octanol–water partition coefficient (Wildman–Crippen LogP) is 3.82. The third kappa shape index (κ3) is 2.10. The Balaban J connectivity index is 2.21. The first-order valence-electron chi connectivity index (χ1n) is 6.01. The van der Waals surface area contributed by atoms with Gasteiger partial charge >= 0.3 is 5.97 Å². The van der Waals surface area contributed by atoms with E-state index in [1.807, 2.05) is 36.7 Å². The van der Waals surface area contributed by atoms with Crippen LogP contribution >= 0.6 is 11.6 Å². The van der Waals surface area contributed by atoms with Gasteiger partial charge in [-0.15, -0.1) is 0 Å². The lowest BCUT2D eigenvalue weighted by atomic mass is 10.1. The Hall–Kier alpha value is -2.46. The number of nitrogens with zero attached hydrogens (tertiary/aromatic N) is 1. The molecule has 20 heavy (non-hydrogen) atoms. The van der Waals surface area contributed by atoms with Crippen molar-refractivity contribution in [3.05, 3.63) is 65.7 Å². The van der Waals surface area contributed by atoms with Gasteiger partial charge in [0.15, 0.2) is 0 Å². The summed E-state index contributed by atoms with van der Waals surface area (Å²) in [5, 5.41) is 9.95. The fourth-order valence-electron chi connectivity index (χ4n) is 2.18. The highest BCUT2D eigenvalue weighted by Gasteiger charge is 2.18. The van der Waals surface area contributed by atoms with Gasteiger partial charge in [0, 0.05) is 29.2 Å². The molecule has 0 aliphatic heterocycles. The monoisotopic (exact) mass is 286 g/mol. The van der Waals surface area contributed by atoms with Crippen molar-refractivity contribution >= 4 is 17.6 Å². The Morgan fingerprint density at radius 2 is 1.80 bits per heavy atom. The molecule has 0 atom stereocenters. The molecular weight excluding hydrogens is 276 g/mol. The standard InChI is InChI=1S/C15H11ClN2O2/c16-11-5-3-10(4-6-11)12-9-17-13(15(19)20)14(12)18-7-1-2-8-18/h1-9,17H,(H,19,20). The Labute approximate surface area is 120 Å². The first-order valence-corrected chi connectivity index (χ1v) is 6.38. The van der Waals surface area contributed by atoms with Crippen LogP contribution in [0.3, 0.4) is 0 Å². The molecule has 3 aromatic rings. The molecule has 0 spiro atoms. The summed E-state index contributed by atoms with van der Waals surface area (Å²) in [5.41, 5.74) is 2.49. The number of carboxylic acids is 1. The van der Waals surface area contributed by atoms with Gasteiger partial charge in [-0.05, 0) is 29.8 Å². The van der Waals surface area contributed by atoms with Crippen molar-refractivity contribution in [3.63, 3.8) is 0 Å². The summed E-state index contributed by atoms with van der Waals surface area (Å²) in [6.07, 6.45) is 5.33. The Morgan fingerprint density at radius 3 is 2.40 bits per heavy atom. The third-order valence-corrected chi connectivity index (χ3v) is 3.34. The fourth-order valence-corrected chi connectivity index (χ4v) is 2.31. The van der Waals surface area contributed by atoms with Crippen LogP contribution in [0.2, 0.25) is 5.02 Å². The summed E-state index contributed by atoms with van der Waals surface area (Å²) in [4.78, 5) is 14.2. The quantitative estimate of drug-likeness (QED) is 0.769. The number of carboxylic acid groups (broad SMARTS) is 1. The molecule has 3 rings (SSSR count). The number of hydrogen-bond donors (Lipinski definition) is 2. The average molecular weight is 287 g/mol.